The highest BCUT2D eigenvalue weighted by Gasteiger charge is 2.67. The Morgan fingerprint density at radius 3 is 2.52 bits per heavy atom. The van der Waals surface area contributed by atoms with E-state index >= 15 is 0 Å². The van der Waals surface area contributed by atoms with Gasteiger partial charge in [0.25, 0.3) is 17.5 Å². The molecule has 3 aromatic rings. The predicted octanol–water partition coefficient (Wildman–Crippen LogP) is 3.47. The lowest BCUT2D eigenvalue weighted by atomic mass is 10.1. The fraction of sp³-hybridized carbons (Fsp3) is 0.125. The number of anilines is 1. The molecule has 2 amide bonds. The van der Waals surface area contributed by atoms with Crippen LogP contribution in [-0.4, -0.2) is 32.5 Å². The van der Waals surface area contributed by atoms with Crippen LogP contribution < -0.4 is 10.6 Å². The molecular weight excluding hydrogens is 441 g/mol. The second-order valence-electron chi connectivity index (χ2n) is 5.99. The highest BCUT2D eigenvalue weighted by atomic mass is 35.5. The monoisotopic (exact) mass is 447 g/mol. The average molecular weight is 448 g/mol. The van der Waals surface area contributed by atoms with Gasteiger partial charge in [0.2, 0.25) is 11.9 Å². The van der Waals surface area contributed by atoms with Crippen molar-refractivity contribution in [1.29, 1.82) is 0 Å². The molecule has 1 aromatic carbocycles. The van der Waals surface area contributed by atoms with Crippen LogP contribution in [0.15, 0.2) is 30.3 Å². The van der Waals surface area contributed by atoms with E-state index in [-0.39, 0.29) is 21.1 Å². The number of amides is 2. The number of halogens is 6. The molecule has 0 saturated heterocycles. The van der Waals surface area contributed by atoms with Crippen molar-refractivity contribution >= 4 is 52.0 Å². The number of benzene rings is 1. The van der Waals surface area contributed by atoms with Crippen LogP contribution in [0.2, 0.25) is 10.0 Å². The Hall–Kier alpha value is -2.92. The molecule has 0 radical (unpaired) electrons. The summed E-state index contributed by atoms with van der Waals surface area (Å²) in [5.41, 5.74) is -4.43. The maximum absolute atomic E-state index is 14.2. The summed E-state index contributed by atoms with van der Waals surface area (Å²) in [6.45, 7) is 0. The summed E-state index contributed by atoms with van der Waals surface area (Å²) in [6, 6.07) is 5.30. The highest BCUT2D eigenvalue weighted by molar-refractivity contribution is 6.42. The summed E-state index contributed by atoms with van der Waals surface area (Å²) in [7, 11) is 0. The van der Waals surface area contributed by atoms with E-state index in [2.05, 4.69) is 9.97 Å². The van der Waals surface area contributed by atoms with Crippen molar-refractivity contribution in [2.24, 2.45) is 0 Å². The number of pyridine rings is 1. The molecule has 2 aromatic heterocycles. The summed E-state index contributed by atoms with van der Waals surface area (Å²) < 4.78 is 56.4. The predicted molar refractivity (Wildman–Crippen MR) is 94.1 cm³/mol. The summed E-state index contributed by atoms with van der Waals surface area (Å²) in [6.07, 6.45) is -5.31. The van der Waals surface area contributed by atoms with Gasteiger partial charge in [0.15, 0.2) is 0 Å². The molecule has 150 valence electrons. The average Bonchev–Trinajstić information content (AvgIpc) is 3.09. The second kappa shape index (κ2) is 6.29. The van der Waals surface area contributed by atoms with Gasteiger partial charge in [-0.25, -0.2) is 9.97 Å². The van der Waals surface area contributed by atoms with Gasteiger partial charge in [-0.3, -0.25) is 19.5 Å². The number of carbonyl (C=O) groups excluding carboxylic acids is 2. The molecule has 2 N–H and O–H groups in total. The van der Waals surface area contributed by atoms with E-state index in [1.54, 1.807) is 5.32 Å². The number of carbonyl (C=O) groups is 2. The Morgan fingerprint density at radius 2 is 1.86 bits per heavy atom. The molecule has 13 heteroatoms. The van der Waals surface area contributed by atoms with E-state index in [0.717, 1.165) is 24.3 Å². The maximum Gasteiger partial charge on any atom is 0.440 e. The van der Waals surface area contributed by atoms with Crippen molar-refractivity contribution < 1.29 is 27.2 Å². The summed E-state index contributed by atoms with van der Waals surface area (Å²) >= 11 is 11.8. The number of hydrogen-bond donors (Lipinski definition) is 2. The van der Waals surface area contributed by atoms with Gasteiger partial charge in [-0.05, 0) is 24.3 Å². The molecule has 29 heavy (non-hydrogen) atoms. The molecule has 1 aliphatic heterocycles. The first-order valence-electron chi connectivity index (χ1n) is 7.76. The standard InChI is InChI=1S/C16H7Cl2F4N5O2/c17-6-4-9-10(5-7(6)18)27-14(24-9)25-13(29)15(27,16(20,21)22)26-12(28)8-2-1-3-11(19)23-8/h1-5H,(H,26,28)(H,24,25,29). The fourth-order valence-corrected chi connectivity index (χ4v) is 3.31. The van der Waals surface area contributed by atoms with Crippen molar-refractivity contribution in [2.45, 2.75) is 11.8 Å². The molecule has 0 bridgehead atoms. The number of imidazole rings is 1. The van der Waals surface area contributed by atoms with Crippen LogP contribution >= 0.6 is 23.2 Å². The number of alkyl halides is 3. The van der Waals surface area contributed by atoms with E-state index in [4.69, 9.17) is 23.2 Å². The molecule has 0 aliphatic carbocycles. The quantitative estimate of drug-likeness (QED) is 0.464. The van der Waals surface area contributed by atoms with Crippen LogP contribution in [0.4, 0.5) is 23.5 Å². The van der Waals surface area contributed by atoms with E-state index in [0.29, 0.717) is 4.57 Å². The minimum Gasteiger partial charge on any atom is -0.312 e. The number of rotatable bonds is 2. The van der Waals surface area contributed by atoms with Gasteiger partial charge in [0.05, 0.1) is 21.1 Å². The van der Waals surface area contributed by atoms with Crippen molar-refractivity contribution in [3.05, 3.63) is 52.0 Å². The van der Waals surface area contributed by atoms with Crippen LogP contribution in [0.25, 0.3) is 11.0 Å². The van der Waals surface area contributed by atoms with Crippen molar-refractivity contribution in [1.82, 2.24) is 19.9 Å². The second-order valence-corrected chi connectivity index (χ2v) is 6.80. The first-order chi connectivity index (χ1) is 13.5. The van der Waals surface area contributed by atoms with Gasteiger partial charge in [0, 0.05) is 0 Å². The van der Waals surface area contributed by atoms with Gasteiger partial charge in [-0.1, -0.05) is 29.3 Å². The van der Waals surface area contributed by atoms with E-state index in [1.165, 1.54) is 6.07 Å². The van der Waals surface area contributed by atoms with Gasteiger partial charge in [-0.2, -0.15) is 17.6 Å². The third kappa shape index (κ3) is 2.80. The molecule has 0 fully saturated rings. The SMILES string of the molecule is O=C(NC1(C(F)(F)F)C(=O)Nc2nc3cc(Cl)c(Cl)cc3n21)c1cccc(F)n1. The van der Waals surface area contributed by atoms with E-state index < -0.39 is 41.2 Å². The number of nitrogens with zero attached hydrogens (tertiary/aromatic N) is 3. The third-order valence-corrected chi connectivity index (χ3v) is 4.96. The first-order valence-corrected chi connectivity index (χ1v) is 8.51. The lowest BCUT2D eigenvalue weighted by Gasteiger charge is -2.31. The lowest BCUT2D eigenvalue weighted by molar-refractivity contribution is -0.213. The largest absolute Gasteiger partial charge is 0.440 e. The zero-order valence-corrected chi connectivity index (χ0v) is 15.3. The minimum absolute atomic E-state index is 0.00107. The molecule has 1 aliphatic rings. The Morgan fingerprint density at radius 1 is 1.17 bits per heavy atom. The first kappa shape index (κ1) is 19.4. The molecule has 0 saturated carbocycles. The lowest BCUT2D eigenvalue weighted by Crippen LogP contribution is -2.63. The normalized spacial score (nSPS) is 18.6. The van der Waals surface area contributed by atoms with Crippen LogP contribution in [0.1, 0.15) is 10.5 Å². The van der Waals surface area contributed by atoms with Crippen molar-refractivity contribution in [3.63, 3.8) is 0 Å². The Bertz CT molecular complexity index is 1200. The summed E-state index contributed by atoms with van der Waals surface area (Å²) in [5.74, 6) is -4.59. The van der Waals surface area contributed by atoms with Crippen molar-refractivity contribution in [2.75, 3.05) is 5.32 Å². The number of fused-ring (bicyclic) bond motifs is 3. The van der Waals surface area contributed by atoms with E-state index in [9.17, 15) is 27.2 Å². The van der Waals surface area contributed by atoms with Crippen molar-refractivity contribution in [3.8, 4) is 0 Å². The zero-order valence-electron chi connectivity index (χ0n) is 13.8. The van der Waals surface area contributed by atoms with Gasteiger partial charge in [0.1, 0.15) is 5.69 Å². The minimum atomic E-state index is -5.31. The molecule has 4 rings (SSSR count). The zero-order chi connectivity index (χ0) is 21.1. The molecule has 7 nitrogen and oxygen atoms in total. The Kier molecular flexibility index (Phi) is 4.21. The van der Waals surface area contributed by atoms with Crippen LogP contribution in [0.3, 0.4) is 0 Å². The summed E-state index contributed by atoms with van der Waals surface area (Å²) in [5, 5.41) is 3.57. The van der Waals surface area contributed by atoms with Crippen LogP contribution in [-0.2, 0) is 10.5 Å². The molecule has 0 spiro atoms. The molecule has 1 unspecified atom stereocenters. The van der Waals surface area contributed by atoms with Crippen LogP contribution in [0, 0.1) is 5.95 Å². The Balaban J connectivity index is 1.93. The number of hydrogen-bond acceptors (Lipinski definition) is 4. The van der Waals surface area contributed by atoms with E-state index in [1.807, 2.05) is 5.32 Å². The van der Waals surface area contributed by atoms with Crippen LogP contribution in [0.5, 0.6) is 0 Å². The smallest absolute Gasteiger partial charge is 0.312 e. The van der Waals surface area contributed by atoms with Gasteiger partial charge >= 0.3 is 6.18 Å². The van der Waals surface area contributed by atoms with Gasteiger partial charge < -0.3 is 5.32 Å². The third-order valence-electron chi connectivity index (χ3n) is 4.24. The topological polar surface area (TPSA) is 88.9 Å². The number of aromatic nitrogens is 3. The summed E-state index contributed by atoms with van der Waals surface area (Å²) in [4.78, 5) is 32.0. The highest BCUT2D eigenvalue weighted by Crippen LogP contribution is 2.45. The number of nitrogens with one attached hydrogen (secondary N) is 2. The molecule has 3 heterocycles. The molecular formula is C16H7Cl2F4N5O2. The Labute approximate surface area is 168 Å². The maximum atomic E-state index is 14.2. The molecule has 1 atom stereocenters. The fourth-order valence-electron chi connectivity index (χ4n) is 2.99. The van der Waals surface area contributed by atoms with Gasteiger partial charge in [-0.15, -0.1) is 0 Å².